The number of nitrogens with zero attached hydrogens (tertiary/aromatic N) is 3. The summed E-state index contributed by atoms with van der Waals surface area (Å²) in [7, 11) is 3.17. The van der Waals surface area contributed by atoms with Crippen LogP contribution >= 0.6 is 0 Å². The second-order valence-corrected chi connectivity index (χ2v) is 7.22. The van der Waals surface area contributed by atoms with Gasteiger partial charge in [0.1, 0.15) is 0 Å². The molecular formula is C25H24N4O3. The number of hydrogen-bond donors (Lipinski definition) is 1. The lowest BCUT2D eigenvalue weighted by Crippen LogP contribution is -2.27. The van der Waals surface area contributed by atoms with Gasteiger partial charge in [-0.15, -0.1) is 0 Å². The Morgan fingerprint density at radius 2 is 1.69 bits per heavy atom. The van der Waals surface area contributed by atoms with Gasteiger partial charge in [0.15, 0.2) is 17.2 Å². The standard InChI is InChI=1S/C25H24N4O3/c1-17(18-11-13-26-14-12-18)27-25(30)24-21(16-29(28-24)20-7-5-4-6-8-20)19-9-10-22(31-2)23(15-19)32-3/h4-17H,1-3H3,(H,27,30). The Morgan fingerprint density at radius 1 is 0.969 bits per heavy atom. The zero-order valence-electron chi connectivity index (χ0n) is 18.1. The van der Waals surface area contributed by atoms with Gasteiger partial charge in [-0.05, 0) is 54.4 Å². The molecule has 1 unspecified atom stereocenters. The first-order chi connectivity index (χ1) is 15.6. The smallest absolute Gasteiger partial charge is 0.272 e. The van der Waals surface area contributed by atoms with Crippen LogP contribution in [-0.4, -0.2) is 34.9 Å². The molecule has 0 fully saturated rings. The number of nitrogens with one attached hydrogen (secondary N) is 1. The molecule has 0 radical (unpaired) electrons. The van der Waals surface area contributed by atoms with Crippen LogP contribution in [0.4, 0.5) is 0 Å². The quantitative estimate of drug-likeness (QED) is 0.471. The lowest BCUT2D eigenvalue weighted by atomic mass is 10.0. The molecule has 1 atom stereocenters. The number of carbonyl (C=O) groups is 1. The average Bonchev–Trinajstić information content (AvgIpc) is 3.30. The van der Waals surface area contributed by atoms with Crippen molar-refractivity contribution in [3.05, 3.63) is 90.5 Å². The molecule has 1 N–H and O–H groups in total. The monoisotopic (exact) mass is 428 g/mol. The molecule has 2 aromatic carbocycles. The molecule has 4 rings (SSSR count). The molecule has 32 heavy (non-hydrogen) atoms. The van der Waals surface area contributed by atoms with E-state index in [0.29, 0.717) is 22.8 Å². The molecule has 2 heterocycles. The number of methoxy groups -OCH3 is 2. The molecule has 0 spiro atoms. The van der Waals surface area contributed by atoms with E-state index in [0.717, 1.165) is 16.8 Å². The summed E-state index contributed by atoms with van der Waals surface area (Å²) < 4.78 is 12.5. The van der Waals surface area contributed by atoms with Crippen molar-refractivity contribution in [1.82, 2.24) is 20.1 Å². The van der Waals surface area contributed by atoms with Crippen LogP contribution in [0.1, 0.15) is 29.0 Å². The van der Waals surface area contributed by atoms with E-state index in [1.54, 1.807) is 31.3 Å². The van der Waals surface area contributed by atoms with Crippen LogP contribution in [0.15, 0.2) is 79.3 Å². The third-order valence-electron chi connectivity index (χ3n) is 5.20. The summed E-state index contributed by atoms with van der Waals surface area (Å²) in [6.07, 6.45) is 5.26. The second-order valence-electron chi connectivity index (χ2n) is 7.22. The molecule has 0 saturated carbocycles. The number of pyridine rings is 1. The lowest BCUT2D eigenvalue weighted by molar-refractivity contribution is 0.0935. The Hall–Kier alpha value is -4.13. The first-order valence-electron chi connectivity index (χ1n) is 10.2. The normalized spacial score (nSPS) is 11.6. The van der Waals surface area contributed by atoms with Gasteiger partial charge in [-0.2, -0.15) is 5.10 Å². The summed E-state index contributed by atoms with van der Waals surface area (Å²) in [5, 5.41) is 7.66. The van der Waals surface area contributed by atoms with Crippen LogP contribution < -0.4 is 14.8 Å². The summed E-state index contributed by atoms with van der Waals surface area (Å²) in [5.41, 5.74) is 3.63. The fraction of sp³-hybridized carbons (Fsp3) is 0.160. The molecule has 0 aliphatic rings. The minimum Gasteiger partial charge on any atom is -0.493 e. The van der Waals surface area contributed by atoms with Crippen molar-refractivity contribution >= 4 is 5.91 Å². The van der Waals surface area contributed by atoms with Gasteiger partial charge in [0, 0.05) is 24.2 Å². The maximum Gasteiger partial charge on any atom is 0.272 e. The largest absolute Gasteiger partial charge is 0.493 e. The predicted octanol–water partition coefficient (Wildman–Crippen LogP) is 4.44. The topological polar surface area (TPSA) is 78.3 Å². The number of benzene rings is 2. The molecule has 0 aliphatic carbocycles. The van der Waals surface area contributed by atoms with Gasteiger partial charge in [0.25, 0.3) is 5.91 Å². The van der Waals surface area contributed by atoms with Crippen LogP contribution in [0.2, 0.25) is 0 Å². The Kier molecular flexibility index (Phi) is 6.17. The highest BCUT2D eigenvalue weighted by atomic mass is 16.5. The van der Waals surface area contributed by atoms with Gasteiger partial charge in [-0.1, -0.05) is 24.3 Å². The van der Waals surface area contributed by atoms with E-state index in [-0.39, 0.29) is 11.9 Å². The lowest BCUT2D eigenvalue weighted by Gasteiger charge is -2.14. The number of carbonyl (C=O) groups excluding carboxylic acids is 1. The van der Waals surface area contributed by atoms with E-state index in [1.165, 1.54) is 0 Å². The van der Waals surface area contributed by atoms with Gasteiger partial charge in [0.05, 0.1) is 25.9 Å². The highest BCUT2D eigenvalue weighted by Crippen LogP contribution is 2.34. The van der Waals surface area contributed by atoms with E-state index in [9.17, 15) is 4.79 Å². The number of amides is 1. The van der Waals surface area contributed by atoms with E-state index < -0.39 is 0 Å². The average molecular weight is 428 g/mol. The van der Waals surface area contributed by atoms with Crippen molar-refractivity contribution in [2.45, 2.75) is 13.0 Å². The number of ether oxygens (including phenoxy) is 2. The van der Waals surface area contributed by atoms with Crippen molar-refractivity contribution < 1.29 is 14.3 Å². The molecule has 7 heteroatoms. The molecule has 7 nitrogen and oxygen atoms in total. The molecule has 1 amide bonds. The van der Waals surface area contributed by atoms with Gasteiger partial charge in [-0.25, -0.2) is 4.68 Å². The van der Waals surface area contributed by atoms with Crippen LogP contribution in [0.25, 0.3) is 16.8 Å². The summed E-state index contributed by atoms with van der Waals surface area (Å²) in [6.45, 7) is 1.93. The molecule has 4 aromatic rings. The van der Waals surface area contributed by atoms with Crippen molar-refractivity contribution in [2.75, 3.05) is 14.2 Å². The molecule has 0 aliphatic heterocycles. The number of aromatic nitrogens is 3. The van der Waals surface area contributed by atoms with E-state index in [4.69, 9.17) is 9.47 Å². The second kappa shape index (κ2) is 9.34. The first kappa shape index (κ1) is 21.1. The van der Waals surface area contributed by atoms with Crippen LogP contribution in [0.3, 0.4) is 0 Å². The fourth-order valence-corrected chi connectivity index (χ4v) is 3.47. The zero-order valence-corrected chi connectivity index (χ0v) is 18.1. The minimum atomic E-state index is -0.270. The SMILES string of the molecule is COc1ccc(-c2cn(-c3ccccc3)nc2C(=O)NC(C)c2ccncc2)cc1OC. The minimum absolute atomic E-state index is 0.203. The highest BCUT2D eigenvalue weighted by Gasteiger charge is 2.22. The maximum absolute atomic E-state index is 13.3. The van der Waals surface area contributed by atoms with Gasteiger partial charge < -0.3 is 14.8 Å². The maximum atomic E-state index is 13.3. The number of hydrogen-bond acceptors (Lipinski definition) is 5. The van der Waals surface area contributed by atoms with Crippen LogP contribution in [-0.2, 0) is 0 Å². The van der Waals surface area contributed by atoms with E-state index in [2.05, 4.69) is 15.4 Å². The number of rotatable bonds is 7. The Morgan fingerprint density at radius 3 is 2.38 bits per heavy atom. The molecule has 162 valence electrons. The fourth-order valence-electron chi connectivity index (χ4n) is 3.47. The third kappa shape index (κ3) is 4.32. The molecular weight excluding hydrogens is 404 g/mol. The van der Waals surface area contributed by atoms with Gasteiger partial charge >= 0.3 is 0 Å². The predicted molar refractivity (Wildman–Crippen MR) is 122 cm³/mol. The van der Waals surface area contributed by atoms with Crippen LogP contribution in [0, 0.1) is 0 Å². The van der Waals surface area contributed by atoms with Crippen LogP contribution in [0.5, 0.6) is 11.5 Å². The van der Waals surface area contributed by atoms with Crippen molar-refractivity contribution in [2.24, 2.45) is 0 Å². The van der Waals surface area contributed by atoms with E-state index >= 15 is 0 Å². The summed E-state index contributed by atoms with van der Waals surface area (Å²) in [4.78, 5) is 17.3. The van der Waals surface area contributed by atoms with E-state index in [1.807, 2.05) is 73.8 Å². The zero-order chi connectivity index (χ0) is 22.5. The highest BCUT2D eigenvalue weighted by molar-refractivity contribution is 5.99. The molecule has 2 aromatic heterocycles. The van der Waals surface area contributed by atoms with Crippen molar-refractivity contribution in [3.63, 3.8) is 0 Å². The molecule has 0 saturated heterocycles. The van der Waals surface area contributed by atoms with Gasteiger partial charge in [-0.3, -0.25) is 9.78 Å². The summed E-state index contributed by atoms with van der Waals surface area (Å²) in [6, 6.07) is 18.8. The molecule has 0 bridgehead atoms. The number of para-hydroxylation sites is 1. The Balaban J connectivity index is 1.75. The van der Waals surface area contributed by atoms with Crippen molar-refractivity contribution in [3.8, 4) is 28.3 Å². The summed E-state index contributed by atoms with van der Waals surface area (Å²) >= 11 is 0. The summed E-state index contributed by atoms with van der Waals surface area (Å²) in [5.74, 6) is 0.923. The van der Waals surface area contributed by atoms with Crippen molar-refractivity contribution in [1.29, 1.82) is 0 Å². The first-order valence-corrected chi connectivity index (χ1v) is 10.2. The Labute approximate surface area is 186 Å². The Bertz CT molecular complexity index is 1210. The third-order valence-corrected chi connectivity index (χ3v) is 5.20. The van der Waals surface area contributed by atoms with Gasteiger partial charge in [0.2, 0.25) is 0 Å².